The Morgan fingerprint density at radius 1 is 1.29 bits per heavy atom. The fourth-order valence-corrected chi connectivity index (χ4v) is 5.10. The van der Waals surface area contributed by atoms with E-state index < -0.39 is 12.6 Å². The average molecular weight is 489 g/mol. The summed E-state index contributed by atoms with van der Waals surface area (Å²) in [5, 5.41) is 9.82. The molecule has 0 bridgehead atoms. The lowest BCUT2D eigenvalue weighted by Gasteiger charge is -2.43. The van der Waals surface area contributed by atoms with E-state index in [1.807, 2.05) is 32.9 Å². The van der Waals surface area contributed by atoms with Gasteiger partial charge in [0.2, 0.25) is 0 Å². The van der Waals surface area contributed by atoms with Crippen LogP contribution in [0.15, 0.2) is 42.5 Å². The highest BCUT2D eigenvalue weighted by atomic mass is 35.5. The highest BCUT2D eigenvalue weighted by molar-refractivity contribution is 6.32. The van der Waals surface area contributed by atoms with Crippen LogP contribution in [0.3, 0.4) is 0 Å². The number of hydrogen-bond donors (Lipinski definition) is 1. The fraction of sp³-hybridized carbons (Fsp3) is 0.464. The molecule has 0 saturated carbocycles. The zero-order valence-electron chi connectivity index (χ0n) is 20.4. The van der Waals surface area contributed by atoms with Crippen LogP contribution < -0.4 is 4.74 Å². The number of carboxylic acids is 1. The maximum atomic E-state index is 13.6. The quantitative estimate of drug-likeness (QED) is 0.370. The van der Waals surface area contributed by atoms with Crippen LogP contribution >= 0.6 is 11.6 Å². The van der Waals surface area contributed by atoms with Crippen molar-refractivity contribution >= 4 is 17.6 Å². The van der Waals surface area contributed by atoms with E-state index in [1.54, 1.807) is 6.07 Å². The maximum Gasteiger partial charge on any atom is 0.341 e. The number of ether oxygens (including phenoxy) is 2. The molecule has 0 spiro atoms. The molecule has 184 valence electrons. The number of carbonyl (C=O) groups is 1. The van der Waals surface area contributed by atoms with E-state index in [1.165, 1.54) is 12.1 Å². The third kappa shape index (κ3) is 5.81. The number of aliphatic carboxylic acids is 1. The van der Waals surface area contributed by atoms with Gasteiger partial charge in [-0.2, -0.15) is 0 Å². The summed E-state index contributed by atoms with van der Waals surface area (Å²) in [7, 11) is 0. The van der Waals surface area contributed by atoms with Crippen LogP contribution in [-0.2, 0) is 9.53 Å². The molecule has 0 unspecified atom stereocenters. The molecule has 4 atom stereocenters. The molecule has 4 nitrogen and oxygen atoms in total. The fourth-order valence-electron chi connectivity index (χ4n) is 4.94. The summed E-state index contributed by atoms with van der Waals surface area (Å²) in [6, 6.07) is 8.46. The predicted octanol–water partition coefficient (Wildman–Crippen LogP) is 7.56. The molecule has 0 radical (unpaired) electrons. The van der Waals surface area contributed by atoms with Crippen molar-refractivity contribution in [3.05, 3.63) is 75.6 Å². The molecule has 3 rings (SSSR count). The van der Waals surface area contributed by atoms with Gasteiger partial charge in [-0.25, -0.2) is 9.18 Å². The van der Waals surface area contributed by atoms with Crippen LogP contribution in [0.2, 0.25) is 5.02 Å². The summed E-state index contributed by atoms with van der Waals surface area (Å²) in [6.07, 6.45) is 3.22. The lowest BCUT2D eigenvalue weighted by atomic mass is 9.74. The Morgan fingerprint density at radius 3 is 2.56 bits per heavy atom. The second kappa shape index (κ2) is 11.4. The molecule has 0 aliphatic carbocycles. The Kier molecular flexibility index (Phi) is 8.78. The van der Waals surface area contributed by atoms with Crippen molar-refractivity contribution in [3.8, 4) is 5.75 Å². The van der Waals surface area contributed by atoms with Gasteiger partial charge in [-0.3, -0.25) is 0 Å². The highest BCUT2D eigenvalue weighted by Crippen LogP contribution is 2.51. The summed E-state index contributed by atoms with van der Waals surface area (Å²) < 4.78 is 26.2. The molecular formula is C28H34ClFO4. The number of rotatable bonds is 9. The minimum absolute atomic E-state index is 0.0439. The Morgan fingerprint density at radius 2 is 1.97 bits per heavy atom. The van der Waals surface area contributed by atoms with Crippen molar-refractivity contribution in [1.29, 1.82) is 0 Å². The number of carboxylic acid groups (broad SMARTS) is 1. The van der Waals surface area contributed by atoms with E-state index in [0.717, 1.165) is 53.5 Å². The van der Waals surface area contributed by atoms with Crippen LogP contribution in [0.5, 0.6) is 5.75 Å². The van der Waals surface area contributed by atoms with Crippen molar-refractivity contribution < 1.29 is 23.8 Å². The van der Waals surface area contributed by atoms with Gasteiger partial charge in [0.25, 0.3) is 0 Å². The number of aryl methyl sites for hydroxylation is 1. The monoisotopic (exact) mass is 488 g/mol. The molecule has 1 fully saturated rings. The topological polar surface area (TPSA) is 55.8 Å². The second-order valence-electron chi connectivity index (χ2n) is 9.31. The highest BCUT2D eigenvalue weighted by Gasteiger charge is 2.41. The summed E-state index contributed by atoms with van der Waals surface area (Å²) in [4.78, 5) is 11.2. The van der Waals surface area contributed by atoms with Crippen molar-refractivity contribution in [1.82, 2.24) is 0 Å². The Labute approximate surface area is 206 Å². The van der Waals surface area contributed by atoms with Crippen molar-refractivity contribution in [2.75, 3.05) is 6.61 Å². The summed E-state index contributed by atoms with van der Waals surface area (Å²) in [5.74, 6) is -0.778. The molecule has 0 amide bonds. The summed E-state index contributed by atoms with van der Waals surface area (Å²) >= 11 is 6.64. The van der Waals surface area contributed by atoms with Gasteiger partial charge in [-0.1, -0.05) is 55.7 Å². The average Bonchev–Trinajstić information content (AvgIpc) is 2.80. The molecule has 2 aromatic rings. The third-order valence-electron chi connectivity index (χ3n) is 6.75. The number of unbranched alkanes of at least 4 members (excludes halogenated alkanes) is 1. The first-order valence-corrected chi connectivity index (χ1v) is 12.2. The largest absolute Gasteiger partial charge is 0.482 e. The molecule has 1 aliphatic heterocycles. The maximum absolute atomic E-state index is 13.6. The van der Waals surface area contributed by atoms with Gasteiger partial charge in [0, 0.05) is 22.4 Å². The summed E-state index contributed by atoms with van der Waals surface area (Å²) in [6.45, 7) is 11.7. The van der Waals surface area contributed by atoms with Gasteiger partial charge < -0.3 is 14.6 Å². The van der Waals surface area contributed by atoms with E-state index in [2.05, 4.69) is 13.5 Å². The standard InChI is InChI=1S/C28H34ClFO4/c1-6-7-8-23-22(19-9-11-20(30)12-10-19)14-21(16(2)3)28(34-23)26-18(5)27(29)17(4)13-24(26)33-15-25(31)32/h9-13,21-23,28H,2,6-8,14-15H2,1,3-5H3,(H,31,32)/t21-,22-,23+,28+/m1/s1. The van der Waals surface area contributed by atoms with Crippen LogP contribution in [0, 0.1) is 25.6 Å². The van der Waals surface area contributed by atoms with Gasteiger partial charge in [0.1, 0.15) is 11.6 Å². The Bertz CT molecular complexity index is 1030. The summed E-state index contributed by atoms with van der Waals surface area (Å²) in [5.41, 5.74) is 4.44. The van der Waals surface area contributed by atoms with Crippen LogP contribution in [0.25, 0.3) is 0 Å². The zero-order chi connectivity index (χ0) is 25.0. The Hall–Kier alpha value is -2.37. The van der Waals surface area contributed by atoms with Gasteiger partial charge >= 0.3 is 5.97 Å². The van der Waals surface area contributed by atoms with Crippen molar-refractivity contribution in [3.63, 3.8) is 0 Å². The minimum atomic E-state index is -1.05. The number of benzene rings is 2. The van der Waals surface area contributed by atoms with E-state index in [4.69, 9.17) is 21.1 Å². The van der Waals surface area contributed by atoms with Gasteiger partial charge in [0.05, 0.1) is 12.2 Å². The number of hydrogen-bond acceptors (Lipinski definition) is 3. The lowest BCUT2D eigenvalue weighted by Crippen LogP contribution is -2.36. The van der Waals surface area contributed by atoms with E-state index in [9.17, 15) is 14.3 Å². The van der Waals surface area contributed by atoms with E-state index in [-0.39, 0.29) is 29.9 Å². The molecule has 1 heterocycles. The van der Waals surface area contributed by atoms with Gasteiger partial charge in [-0.05, 0) is 68.5 Å². The van der Waals surface area contributed by atoms with Gasteiger partial charge in [0.15, 0.2) is 6.61 Å². The lowest BCUT2D eigenvalue weighted by molar-refractivity contribution is -0.139. The Balaban J connectivity index is 2.08. The minimum Gasteiger partial charge on any atom is -0.482 e. The van der Waals surface area contributed by atoms with Crippen molar-refractivity contribution in [2.45, 2.75) is 71.5 Å². The normalized spacial score (nSPS) is 22.4. The molecule has 1 aliphatic rings. The first-order valence-electron chi connectivity index (χ1n) is 11.8. The van der Waals surface area contributed by atoms with Crippen LogP contribution in [0.1, 0.15) is 73.8 Å². The van der Waals surface area contributed by atoms with E-state index >= 15 is 0 Å². The van der Waals surface area contributed by atoms with Crippen LogP contribution in [-0.4, -0.2) is 23.8 Å². The molecule has 34 heavy (non-hydrogen) atoms. The zero-order valence-corrected chi connectivity index (χ0v) is 21.1. The predicted molar refractivity (Wildman–Crippen MR) is 133 cm³/mol. The molecule has 1 saturated heterocycles. The third-order valence-corrected chi connectivity index (χ3v) is 7.33. The molecule has 2 aromatic carbocycles. The molecule has 0 aromatic heterocycles. The van der Waals surface area contributed by atoms with Crippen LogP contribution in [0.4, 0.5) is 4.39 Å². The SMILES string of the molecule is C=C(C)[C@H]1C[C@H](c2ccc(F)cc2)[C@H](CCCC)O[C@@H]1c1c(OCC(=O)O)cc(C)c(Cl)c1C. The van der Waals surface area contributed by atoms with Crippen molar-refractivity contribution in [2.24, 2.45) is 5.92 Å². The second-order valence-corrected chi connectivity index (χ2v) is 9.69. The number of halogens is 2. The first kappa shape index (κ1) is 26.2. The van der Waals surface area contributed by atoms with E-state index in [0.29, 0.717) is 10.8 Å². The van der Waals surface area contributed by atoms with Gasteiger partial charge in [-0.15, -0.1) is 0 Å². The molecular weight excluding hydrogens is 455 g/mol. The molecule has 6 heteroatoms. The molecule has 1 N–H and O–H groups in total. The smallest absolute Gasteiger partial charge is 0.341 e. The first-order chi connectivity index (χ1) is 16.1.